The summed E-state index contributed by atoms with van der Waals surface area (Å²) in [7, 11) is 3.39. The molecule has 6 nitrogen and oxygen atoms in total. The Bertz CT molecular complexity index is 853. The van der Waals surface area contributed by atoms with E-state index in [4.69, 9.17) is 21.1 Å². The molecule has 2 rings (SSSR count). The Morgan fingerprint density at radius 3 is 2.64 bits per heavy atom. The van der Waals surface area contributed by atoms with E-state index in [0.717, 1.165) is 16.8 Å². The molecule has 0 aliphatic carbocycles. The highest BCUT2D eigenvalue weighted by Crippen LogP contribution is 2.29. The lowest BCUT2D eigenvalue weighted by Gasteiger charge is -2.20. The van der Waals surface area contributed by atoms with Crippen molar-refractivity contribution in [1.82, 2.24) is 4.90 Å². The lowest BCUT2D eigenvalue weighted by Crippen LogP contribution is -2.35. The topological polar surface area (TPSA) is 63.2 Å². The van der Waals surface area contributed by atoms with Crippen LogP contribution < -0.4 is 14.9 Å². The molecule has 0 aliphatic heterocycles. The average molecular weight is 404 g/mol. The number of rotatable bonds is 8. The molecule has 0 aromatic heterocycles. The quantitative estimate of drug-likeness (QED) is 0.525. The van der Waals surface area contributed by atoms with Crippen LogP contribution in [0, 0.1) is 6.92 Å². The molecule has 0 heterocycles. The van der Waals surface area contributed by atoms with Crippen LogP contribution in [0.5, 0.6) is 11.5 Å². The number of benzene rings is 2. The summed E-state index contributed by atoms with van der Waals surface area (Å²) in [4.78, 5) is 13.5. The predicted molar refractivity (Wildman–Crippen MR) is 114 cm³/mol. The van der Waals surface area contributed by atoms with Crippen LogP contribution in [-0.2, 0) is 4.79 Å². The van der Waals surface area contributed by atoms with Crippen LogP contribution in [0.1, 0.15) is 25.0 Å². The van der Waals surface area contributed by atoms with Crippen LogP contribution in [0.2, 0.25) is 5.02 Å². The molecule has 0 fully saturated rings. The van der Waals surface area contributed by atoms with E-state index in [1.54, 1.807) is 33.3 Å². The van der Waals surface area contributed by atoms with Crippen LogP contribution in [-0.4, -0.2) is 43.8 Å². The molecule has 7 heteroatoms. The number of halogens is 1. The first-order valence-electron chi connectivity index (χ1n) is 9.01. The summed E-state index contributed by atoms with van der Waals surface area (Å²) in [6.45, 7) is 6.03. The first-order valence-corrected chi connectivity index (χ1v) is 9.39. The van der Waals surface area contributed by atoms with Crippen molar-refractivity contribution < 1.29 is 14.3 Å². The van der Waals surface area contributed by atoms with Gasteiger partial charge in [-0.15, -0.1) is 0 Å². The number of nitrogens with zero attached hydrogens (tertiary/aromatic N) is 2. The van der Waals surface area contributed by atoms with Crippen molar-refractivity contribution in [1.29, 1.82) is 0 Å². The molecule has 150 valence electrons. The molecular weight excluding hydrogens is 378 g/mol. The Balaban J connectivity index is 2.12. The maximum Gasteiger partial charge on any atom is 0.262 e. The lowest BCUT2D eigenvalue weighted by atomic mass is 10.2. The standard InChI is InChI=1S/C21H26ClN3O3/c1-6-27-20-11-16(8-10-19(20)28-15(3)21(26)25(4)5)13-23-24-17-9-7-14(2)18(22)12-17/h7-13,15,24H,6H2,1-5H3/b23-13-/t15-/m1/s1. The number of hydrazone groups is 1. The van der Waals surface area contributed by atoms with Crippen LogP contribution in [0.15, 0.2) is 41.5 Å². The third kappa shape index (κ3) is 5.89. The van der Waals surface area contributed by atoms with Gasteiger partial charge >= 0.3 is 0 Å². The molecular formula is C21H26ClN3O3. The minimum absolute atomic E-state index is 0.117. The number of hydrogen-bond acceptors (Lipinski definition) is 5. The largest absolute Gasteiger partial charge is 0.490 e. The van der Waals surface area contributed by atoms with E-state index >= 15 is 0 Å². The van der Waals surface area contributed by atoms with Crippen molar-refractivity contribution in [3.8, 4) is 11.5 Å². The summed E-state index contributed by atoms with van der Waals surface area (Å²) < 4.78 is 11.4. The third-order valence-corrected chi connectivity index (χ3v) is 4.35. The van der Waals surface area contributed by atoms with Gasteiger partial charge in [0.1, 0.15) is 0 Å². The highest BCUT2D eigenvalue weighted by atomic mass is 35.5. The Morgan fingerprint density at radius 1 is 1.25 bits per heavy atom. The average Bonchev–Trinajstić information content (AvgIpc) is 2.66. The molecule has 1 N–H and O–H groups in total. The number of carbonyl (C=O) groups excluding carboxylic acids is 1. The molecule has 2 aromatic carbocycles. The SMILES string of the molecule is CCOc1cc(/C=N\Nc2ccc(C)c(Cl)c2)ccc1O[C@H](C)C(=O)N(C)C. The predicted octanol–water partition coefficient (Wildman–Crippen LogP) is 4.35. The summed E-state index contributed by atoms with van der Waals surface area (Å²) in [6, 6.07) is 11.1. The summed E-state index contributed by atoms with van der Waals surface area (Å²) in [5.74, 6) is 0.956. The van der Waals surface area contributed by atoms with E-state index in [-0.39, 0.29) is 5.91 Å². The van der Waals surface area contributed by atoms with Crippen LogP contribution in [0.3, 0.4) is 0 Å². The number of carbonyl (C=O) groups is 1. The number of anilines is 1. The van der Waals surface area contributed by atoms with Crippen molar-refractivity contribution in [3.63, 3.8) is 0 Å². The second-order valence-corrected chi connectivity index (χ2v) is 6.87. The van der Waals surface area contributed by atoms with Gasteiger partial charge in [-0.3, -0.25) is 10.2 Å². The normalized spacial score (nSPS) is 11.9. The maximum atomic E-state index is 12.0. The second-order valence-electron chi connectivity index (χ2n) is 6.47. The van der Waals surface area contributed by atoms with E-state index in [9.17, 15) is 4.79 Å². The molecule has 0 spiro atoms. The summed E-state index contributed by atoms with van der Waals surface area (Å²) in [6.07, 6.45) is 1.07. The molecule has 0 bridgehead atoms. The number of ether oxygens (including phenoxy) is 2. The fourth-order valence-electron chi connectivity index (χ4n) is 2.42. The van der Waals surface area contributed by atoms with Gasteiger partial charge in [0.15, 0.2) is 17.6 Å². The Hall–Kier alpha value is -2.73. The minimum atomic E-state index is -0.610. The molecule has 1 amide bonds. The molecule has 0 saturated carbocycles. The zero-order valence-corrected chi connectivity index (χ0v) is 17.6. The second kappa shape index (κ2) is 9.99. The van der Waals surface area contributed by atoms with Crippen molar-refractivity contribution in [3.05, 3.63) is 52.5 Å². The van der Waals surface area contributed by atoms with Gasteiger partial charge in [0.05, 0.1) is 18.5 Å². The molecule has 0 unspecified atom stereocenters. The number of likely N-dealkylation sites (N-methyl/N-ethyl adjacent to an activating group) is 1. The Morgan fingerprint density at radius 2 is 2.00 bits per heavy atom. The number of aryl methyl sites for hydroxylation is 1. The van der Waals surface area contributed by atoms with Crippen LogP contribution in [0.25, 0.3) is 0 Å². The highest BCUT2D eigenvalue weighted by Gasteiger charge is 2.18. The van der Waals surface area contributed by atoms with Gasteiger partial charge in [0.25, 0.3) is 5.91 Å². The Kier molecular flexibility index (Phi) is 7.70. The van der Waals surface area contributed by atoms with E-state index in [1.165, 1.54) is 4.90 Å². The van der Waals surface area contributed by atoms with Crippen molar-refractivity contribution in [2.45, 2.75) is 26.9 Å². The van der Waals surface area contributed by atoms with Gasteiger partial charge in [-0.05, 0) is 62.2 Å². The van der Waals surface area contributed by atoms with Gasteiger partial charge in [-0.2, -0.15) is 5.10 Å². The zero-order chi connectivity index (χ0) is 20.7. The van der Waals surface area contributed by atoms with Crippen molar-refractivity contribution in [2.24, 2.45) is 5.10 Å². The summed E-state index contributed by atoms with van der Waals surface area (Å²) in [5, 5.41) is 4.92. The fraction of sp³-hybridized carbons (Fsp3) is 0.333. The molecule has 1 atom stereocenters. The van der Waals surface area contributed by atoms with E-state index in [2.05, 4.69) is 10.5 Å². The van der Waals surface area contributed by atoms with Gasteiger partial charge in [0.2, 0.25) is 0 Å². The van der Waals surface area contributed by atoms with E-state index < -0.39 is 6.10 Å². The molecule has 2 aromatic rings. The lowest BCUT2D eigenvalue weighted by molar-refractivity contribution is -0.135. The monoisotopic (exact) mass is 403 g/mol. The number of hydrogen-bond donors (Lipinski definition) is 1. The van der Waals surface area contributed by atoms with Crippen LogP contribution in [0.4, 0.5) is 5.69 Å². The zero-order valence-electron chi connectivity index (χ0n) is 16.8. The van der Waals surface area contributed by atoms with Gasteiger partial charge < -0.3 is 14.4 Å². The number of amides is 1. The van der Waals surface area contributed by atoms with Gasteiger partial charge in [-0.25, -0.2) is 0 Å². The van der Waals surface area contributed by atoms with E-state index in [0.29, 0.717) is 23.1 Å². The molecule has 0 radical (unpaired) electrons. The first kappa shape index (κ1) is 21.6. The number of nitrogens with one attached hydrogen (secondary N) is 1. The van der Waals surface area contributed by atoms with Gasteiger partial charge in [-0.1, -0.05) is 17.7 Å². The smallest absolute Gasteiger partial charge is 0.262 e. The molecule has 0 aliphatic rings. The molecule has 28 heavy (non-hydrogen) atoms. The van der Waals surface area contributed by atoms with Crippen LogP contribution >= 0.6 is 11.6 Å². The first-order chi connectivity index (χ1) is 13.3. The van der Waals surface area contributed by atoms with Crippen molar-refractivity contribution in [2.75, 3.05) is 26.1 Å². The summed E-state index contributed by atoms with van der Waals surface area (Å²) >= 11 is 6.12. The maximum absolute atomic E-state index is 12.0. The fourth-order valence-corrected chi connectivity index (χ4v) is 2.60. The van der Waals surface area contributed by atoms with Gasteiger partial charge in [0, 0.05) is 19.1 Å². The van der Waals surface area contributed by atoms with E-state index in [1.807, 2.05) is 44.2 Å². The highest BCUT2D eigenvalue weighted by molar-refractivity contribution is 6.31. The minimum Gasteiger partial charge on any atom is -0.490 e. The molecule has 0 saturated heterocycles. The summed E-state index contributed by atoms with van der Waals surface area (Å²) in [5.41, 5.74) is 5.58. The Labute approximate surface area is 171 Å². The van der Waals surface area contributed by atoms with Crippen molar-refractivity contribution >= 4 is 29.4 Å². The third-order valence-electron chi connectivity index (χ3n) is 3.94.